The predicted molar refractivity (Wildman–Crippen MR) is 86.5 cm³/mol. The molecule has 2 N–H and O–H groups in total. The molecule has 0 unspecified atom stereocenters. The number of nitrogens with one attached hydrogen (secondary N) is 2. The van der Waals surface area contributed by atoms with Gasteiger partial charge in [-0.3, -0.25) is 10.1 Å². The second kappa shape index (κ2) is 6.85. The van der Waals surface area contributed by atoms with E-state index in [0.717, 1.165) is 0 Å². The van der Waals surface area contributed by atoms with E-state index in [1.54, 1.807) is 18.2 Å². The lowest BCUT2D eigenvalue weighted by molar-refractivity contribution is 0.0977. The van der Waals surface area contributed by atoms with Gasteiger partial charge in [0.2, 0.25) is 0 Å². The third-order valence-electron chi connectivity index (χ3n) is 2.53. The van der Waals surface area contributed by atoms with Gasteiger partial charge in [-0.05, 0) is 48.6 Å². The molecule has 0 atom stereocenters. The minimum absolute atomic E-state index is 0.0634. The van der Waals surface area contributed by atoms with Crippen LogP contribution in [0.1, 0.15) is 10.4 Å². The zero-order chi connectivity index (χ0) is 15.4. The summed E-state index contributed by atoms with van der Waals surface area (Å²) in [6.07, 6.45) is 0. The van der Waals surface area contributed by atoms with Crippen molar-refractivity contribution in [3.8, 4) is 0 Å². The highest BCUT2D eigenvalue weighted by Crippen LogP contribution is 2.29. The van der Waals surface area contributed by atoms with Crippen LogP contribution < -0.4 is 10.6 Å². The third-order valence-corrected chi connectivity index (χ3v) is 3.56. The van der Waals surface area contributed by atoms with E-state index in [9.17, 15) is 9.18 Å². The molecule has 0 heterocycles. The summed E-state index contributed by atoms with van der Waals surface area (Å²) in [6.45, 7) is 0. The lowest BCUT2D eigenvalue weighted by Gasteiger charge is -2.11. The number of carbonyl (C=O) groups is 1. The van der Waals surface area contributed by atoms with E-state index in [1.807, 2.05) is 0 Å². The van der Waals surface area contributed by atoms with E-state index in [2.05, 4.69) is 10.6 Å². The normalized spacial score (nSPS) is 10.0. The van der Waals surface area contributed by atoms with Crippen molar-refractivity contribution < 1.29 is 9.18 Å². The Bertz CT molecular complexity index is 692. The van der Waals surface area contributed by atoms with Gasteiger partial charge in [0.05, 0.1) is 15.7 Å². The Morgan fingerprint density at radius 1 is 1.10 bits per heavy atom. The van der Waals surface area contributed by atoms with E-state index in [0.29, 0.717) is 15.7 Å². The summed E-state index contributed by atoms with van der Waals surface area (Å²) < 4.78 is 12.8. The van der Waals surface area contributed by atoms with Crippen LogP contribution in [0.3, 0.4) is 0 Å². The topological polar surface area (TPSA) is 41.1 Å². The molecule has 0 aliphatic rings. The SMILES string of the molecule is O=C(NC(=S)Nc1cccc(Cl)c1Cl)c1ccc(F)cc1. The summed E-state index contributed by atoms with van der Waals surface area (Å²) in [4.78, 5) is 11.9. The lowest BCUT2D eigenvalue weighted by Crippen LogP contribution is -2.34. The lowest BCUT2D eigenvalue weighted by atomic mass is 10.2. The molecule has 0 aliphatic carbocycles. The van der Waals surface area contributed by atoms with Gasteiger partial charge in [0, 0.05) is 5.56 Å². The largest absolute Gasteiger partial charge is 0.331 e. The molecule has 1 amide bonds. The van der Waals surface area contributed by atoms with Gasteiger partial charge in [-0.2, -0.15) is 0 Å². The van der Waals surface area contributed by atoms with Gasteiger partial charge in [-0.15, -0.1) is 0 Å². The first-order valence-electron chi connectivity index (χ1n) is 5.79. The Morgan fingerprint density at radius 3 is 2.43 bits per heavy atom. The first kappa shape index (κ1) is 15.7. The fraction of sp³-hybridized carbons (Fsp3) is 0. The van der Waals surface area contributed by atoms with Crippen LogP contribution >= 0.6 is 35.4 Å². The molecule has 0 saturated heterocycles. The fourth-order valence-corrected chi connectivity index (χ4v) is 2.08. The molecule has 108 valence electrons. The predicted octanol–water partition coefficient (Wildman–Crippen LogP) is 4.26. The van der Waals surface area contributed by atoms with Gasteiger partial charge in [0.1, 0.15) is 5.82 Å². The highest BCUT2D eigenvalue weighted by molar-refractivity contribution is 7.80. The van der Waals surface area contributed by atoms with Crippen LogP contribution in [0, 0.1) is 5.82 Å². The Kier molecular flexibility index (Phi) is 5.12. The Morgan fingerprint density at radius 2 is 1.76 bits per heavy atom. The summed E-state index contributed by atoms with van der Waals surface area (Å²) >= 11 is 16.9. The van der Waals surface area contributed by atoms with Crippen molar-refractivity contribution in [3.05, 3.63) is 63.9 Å². The maximum Gasteiger partial charge on any atom is 0.257 e. The van der Waals surface area contributed by atoms with Gasteiger partial charge >= 0.3 is 0 Å². The van der Waals surface area contributed by atoms with Gasteiger partial charge in [0.15, 0.2) is 5.11 Å². The van der Waals surface area contributed by atoms with E-state index >= 15 is 0 Å². The van der Waals surface area contributed by atoms with Crippen LogP contribution in [0.15, 0.2) is 42.5 Å². The van der Waals surface area contributed by atoms with Crippen molar-refractivity contribution in [2.24, 2.45) is 0 Å². The molecule has 7 heteroatoms. The summed E-state index contributed by atoms with van der Waals surface area (Å²) in [5.74, 6) is -0.872. The maximum absolute atomic E-state index is 12.8. The summed E-state index contributed by atoms with van der Waals surface area (Å²) in [7, 11) is 0. The monoisotopic (exact) mass is 342 g/mol. The molecule has 0 spiro atoms. The summed E-state index contributed by atoms with van der Waals surface area (Å²) in [6, 6.07) is 10.1. The number of amides is 1. The van der Waals surface area contributed by atoms with Crippen molar-refractivity contribution >= 4 is 52.1 Å². The molecule has 3 nitrogen and oxygen atoms in total. The molecule has 0 saturated carbocycles. The standard InChI is InChI=1S/C14H9Cl2FN2OS/c15-10-2-1-3-11(12(10)16)18-14(21)19-13(20)8-4-6-9(17)7-5-8/h1-7H,(H2,18,19,20,21). The molecule has 2 aromatic rings. The van der Waals surface area contributed by atoms with E-state index in [1.165, 1.54) is 24.3 Å². The number of carbonyl (C=O) groups excluding carboxylic acids is 1. The summed E-state index contributed by atoms with van der Waals surface area (Å²) in [5, 5.41) is 5.98. The molecular formula is C14H9Cl2FN2OS. The second-order valence-corrected chi connectivity index (χ2v) is 5.21. The zero-order valence-electron chi connectivity index (χ0n) is 10.5. The Balaban J connectivity index is 2.03. The van der Waals surface area contributed by atoms with Crippen LogP contribution in [0.2, 0.25) is 10.0 Å². The average molecular weight is 343 g/mol. The van der Waals surface area contributed by atoms with E-state index in [-0.39, 0.29) is 10.7 Å². The van der Waals surface area contributed by atoms with Gasteiger partial charge in [-0.1, -0.05) is 29.3 Å². The number of rotatable bonds is 2. The molecule has 0 aliphatic heterocycles. The summed E-state index contributed by atoms with van der Waals surface area (Å²) in [5.41, 5.74) is 0.770. The van der Waals surface area contributed by atoms with Crippen molar-refractivity contribution in [2.75, 3.05) is 5.32 Å². The molecule has 0 aromatic heterocycles. The average Bonchev–Trinajstić information content (AvgIpc) is 2.44. The molecule has 2 rings (SSSR count). The highest BCUT2D eigenvalue weighted by Gasteiger charge is 2.10. The minimum atomic E-state index is -0.453. The number of hydrogen-bond acceptors (Lipinski definition) is 2. The second-order valence-electron chi connectivity index (χ2n) is 4.02. The van der Waals surface area contributed by atoms with Crippen molar-refractivity contribution in [1.29, 1.82) is 0 Å². The molecule has 0 bridgehead atoms. The van der Waals surface area contributed by atoms with Crippen molar-refractivity contribution in [1.82, 2.24) is 5.32 Å². The number of hydrogen-bond donors (Lipinski definition) is 2. The highest BCUT2D eigenvalue weighted by atomic mass is 35.5. The van der Waals surface area contributed by atoms with Gasteiger partial charge in [-0.25, -0.2) is 4.39 Å². The van der Waals surface area contributed by atoms with Gasteiger partial charge in [0.25, 0.3) is 5.91 Å². The Hall–Kier alpha value is -1.69. The molecular weight excluding hydrogens is 334 g/mol. The Labute approximate surface area is 136 Å². The molecule has 0 fully saturated rings. The van der Waals surface area contributed by atoms with Crippen LogP contribution in [0.25, 0.3) is 0 Å². The number of anilines is 1. The van der Waals surface area contributed by atoms with Crippen molar-refractivity contribution in [2.45, 2.75) is 0 Å². The van der Waals surface area contributed by atoms with Crippen LogP contribution in [0.5, 0.6) is 0 Å². The number of halogens is 3. The van der Waals surface area contributed by atoms with Crippen molar-refractivity contribution in [3.63, 3.8) is 0 Å². The maximum atomic E-state index is 12.8. The smallest absolute Gasteiger partial charge is 0.257 e. The number of thiocarbonyl (C=S) groups is 1. The fourth-order valence-electron chi connectivity index (χ4n) is 1.53. The quantitative estimate of drug-likeness (QED) is 0.801. The van der Waals surface area contributed by atoms with Crippen LogP contribution in [0.4, 0.5) is 10.1 Å². The van der Waals surface area contributed by atoms with Crippen LogP contribution in [-0.4, -0.2) is 11.0 Å². The minimum Gasteiger partial charge on any atom is -0.331 e. The number of benzene rings is 2. The first-order valence-corrected chi connectivity index (χ1v) is 6.95. The van der Waals surface area contributed by atoms with Gasteiger partial charge < -0.3 is 5.32 Å². The van der Waals surface area contributed by atoms with Crippen LogP contribution in [-0.2, 0) is 0 Å². The first-order chi connectivity index (χ1) is 9.97. The third kappa shape index (κ3) is 4.14. The molecule has 2 aromatic carbocycles. The van der Waals surface area contributed by atoms with E-state index < -0.39 is 11.7 Å². The molecule has 0 radical (unpaired) electrons. The molecule has 21 heavy (non-hydrogen) atoms. The zero-order valence-corrected chi connectivity index (χ0v) is 12.8. The van der Waals surface area contributed by atoms with E-state index in [4.69, 9.17) is 35.4 Å².